The summed E-state index contributed by atoms with van der Waals surface area (Å²) in [5, 5.41) is 11.4. The van der Waals surface area contributed by atoms with Crippen molar-refractivity contribution >= 4 is 12.1 Å². The average molecular weight is 372 g/mol. The molecule has 0 aromatic carbocycles. The lowest BCUT2D eigenvalue weighted by molar-refractivity contribution is -0.137. The Kier molecular flexibility index (Phi) is 15.2. The van der Waals surface area contributed by atoms with E-state index in [1.807, 2.05) is 20.8 Å². The van der Waals surface area contributed by atoms with Crippen LogP contribution in [-0.2, 0) is 9.53 Å². The number of carboxylic acids is 1. The minimum Gasteiger partial charge on any atom is -0.481 e. The fourth-order valence-electron chi connectivity index (χ4n) is 2.85. The molecule has 0 aromatic heterocycles. The molecule has 0 fully saturated rings. The van der Waals surface area contributed by atoms with Gasteiger partial charge in [-0.15, -0.1) is 0 Å². The van der Waals surface area contributed by atoms with Gasteiger partial charge in [0.2, 0.25) is 0 Å². The third-order valence-electron chi connectivity index (χ3n) is 4.24. The molecule has 26 heavy (non-hydrogen) atoms. The maximum absolute atomic E-state index is 11.5. The third kappa shape index (κ3) is 20.8. The van der Waals surface area contributed by atoms with Crippen molar-refractivity contribution in [3.8, 4) is 0 Å². The van der Waals surface area contributed by atoms with E-state index >= 15 is 0 Å². The van der Waals surface area contributed by atoms with Crippen LogP contribution in [0.2, 0.25) is 0 Å². The van der Waals surface area contributed by atoms with Gasteiger partial charge in [0, 0.05) is 13.0 Å². The van der Waals surface area contributed by atoms with Crippen molar-refractivity contribution in [2.45, 2.75) is 116 Å². The summed E-state index contributed by atoms with van der Waals surface area (Å²) in [6, 6.07) is 0. The molecule has 0 aliphatic rings. The highest BCUT2D eigenvalue weighted by Crippen LogP contribution is 2.13. The number of carbonyl (C=O) groups excluding carboxylic acids is 1. The summed E-state index contributed by atoms with van der Waals surface area (Å²) < 4.78 is 5.19. The highest BCUT2D eigenvalue weighted by atomic mass is 16.6. The van der Waals surface area contributed by atoms with Crippen molar-refractivity contribution in [3.63, 3.8) is 0 Å². The first-order chi connectivity index (χ1) is 12.3. The average Bonchev–Trinajstić information content (AvgIpc) is 2.52. The van der Waals surface area contributed by atoms with Gasteiger partial charge in [-0.25, -0.2) is 4.79 Å². The molecule has 0 aliphatic heterocycles. The zero-order chi connectivity index (χ0) is 19.7. The number of rotatable bonds is 16. The largest absolute Gasteiger partial charge is 0.481 e. The molecule has 154 valence electrons. The molecule has 1 amide bonds. The van der Waals surface area contributed by atoms with Crippen LogP contribution in [0.25, 0.3) is 0 Å². The number of alkyl carbamates (subject to hydrolysis) is 1. The number of hydrogen-bond donors (Lipinski definition) is 2. The number of carboxylic acid groups (broad SMARTS) is 1. The summed E-state index contributed by atoms with van der Waals surface area (Å²) in [6.07, 6.45) is 15.5. The highest BCUT2D eigenvalue weighted by Gasteiger charge is 2.15. The standard InChI is InChI=1S/C21H41NO4/c1-21(2,3)26-20(25)22-18-16-14-12-10-8-6-4-5-7-9-11-13-15-17-19(23)24/h4-18H2,1-3H3,(H,22,25)(H,23,24). The number of nitrogens with one attached hydrogen (secondary N) is 1. The number of hydrogen-bond acceptors (Lipinski definition) is 3. The van der Waals surface area contributed by atoms with Crippen LogP contribution in [0.1, 0.15) is 111 Å². The number of unbranched alkanes of at least 4 members (excludes halogenated alkanes) is 12. The van der Waals surface area contributed by atoms with Crippen molar-refractivity contribution in [2.24, 2.45) is 0 Å². The Morgan fingerprint density at radius 3 is 1.50 bits per heavy atom. The molecule has 0 rings (SSSR count). The van der Waals surface area contributed by atoms with Gasteiger partial charge in [0.15, 0.2) is 0 Å². The molecule has 0 atom stereocenters. The van der Waals surface area contributed by atoms with Crippen molar-refractivity contribution in [1.29, 1.82) is 0 Å². The van der Waals surface area contributed by atoms with Crippen LogP contribution in [0.3, 0.4) is 0 Å². The molecule has 0 aromatic rings. The summed E-state index contributed by atoms with van der Waals surface area (Å²) in [7, 11) is 0. The Hall–Kier alpha value is -1.26. The SMILES string of the molecule is CC(C)(C)OC(=O)NCCCCCCCCCCCCCCCC(=O)O. The van der Waals surface area contributed by atoms with Gasteiger partial charge in [-0.3, -0.25) is 4.79 Å². The van der Waals surface area contributed by atoms with Gasteiger partial charge < -0.3 is 15.2 Å². The van der Waals surface area contributed by atoms with Gasteiger partial charge in [0.1, 0.15) is 5.60 Å². The quantitative estimate of drug-likeness (QED) is 0.323. The summed E-state index contributed by atoms with van der Waals surface area (Å²) >= 11 is 0. The Balaban J connectivity index is 3.16. The van der Waals surface area contributed by atoms with Gasteiger partial charge in [0.05, 0.1) is 0 Å². The van der Waals surface area contributed by atoms with Crippen LogP contribution >= 0.6 is 0 Å². The fraction of sp³-hybridized carbons (Fsp3) is 0.905. The molecular weight excluding hydrogens is 330 g/mol. The maximum Gasteiger partial charge on any atom is 0.407 e. The predicted octanol–water partition coefficient (Wildman–Crippen LogP) is 6.06. The Labute approximate surface area is 160 Å². The monoisotopic (exact) mass is 371 g/mol. The van der Waals surface area contributed by atoms with Crippen molar-refractivity contribution < 1.29 is 19.4 Å². The number of aliphatic carboxylic acids is 1. The number of amides is 1. The zero-order valence-electron chi connectivity index (χ0n) is 17.3. The van der Waals surface area contributed by atoms with Gasteiger partial charge in [-0.05, 0) is 33.6 Å². The van der Waals surface area contributed by atoms with E-state index in [2.05, 4.69) is 5.32 Å². The molecule has 0 bridgehead atoms. The first-order valence-corrected chi connectivity index (χ1v) is 10.5. The second kappa shape index (κ2) is 16.0. The number of carbonyl (C=O) groups is 2. The molecule has 5 nitrogen and oxygen atoms in total. The minimum absolute atomic E-state index is 0.317. The molecule has 0 saturated carbocycles. The van der Waals surface area contributed by atoms with Crippen LogP contribution < -0.4 is 5.32 Å². The van der Waals surface area contributed by atoms with Crippen molar-refractivity contribution in [2.75, 3.05) is 6.54 Å². The molecule has 0 unspecified atom stereocenters. The molecule has 0 spiro atoms. The molecule has 2 N–H and O–H groups in total. The zero-order valence-corrected chi connectivity index (χ0v) is 17.3. The second-order valence-electron chi connectivity index (χ2n) is 8.17. The predicted molar refractivity (Wildman–Crippen MR) is 107 cm³/mol. The van der Waals surface area contributed by atoms with E-state index in [1.165, 1.54) is 57.8 Å². The van der Waals surface area contributed by atoms with E-state index in [1.54, 1.807) is 0 Å². The summed E-state index contributed by atoms with van der Waals surface area (Å²) in [6.45, 7) is 6.31. The van der Waals surface area contributed by atoms with E-state index in [0.717, 1.165) is 25.7 Å². The van der Waals surface area contributed by atoms with Gasteiger partial charge in [-0.2, -0.15) is 0 Å². The van der Waals surface area contributed by atoms with Crippen LogP contribution in [0.15, 0.2) is 0 Å². The van der Waals surface area contributed by atoms with E-state index in [0.29, 0.717) is 13.0 Å². The first-order valence-electron chi connectivity index (χ1n) is 10.5. The van der Waals surface area contributed by atoms with Gasteiger partial charge in [-0.1, -0.05) is 70.6 Å². The first kappa shape index (κ1) is 24.7. The smallest absolute Gasteiger partial charge is 0.407 e. The maximum atomic E-state index is 11.5. The highest BCUT2D eigenvalue weighted by molar-refractivity contribution is 5.67. The van der Waals surface area contributed by atoms with Crippen LogP contribution in [0.4, 0.5) is 4.79 Å². The summed E-state index contributed by atoms with van der Waals surface area (Å²) in [5.74, 6) is -0.677. The minimum atomic E-state index is -0.677. The van der Waals surface area contributed by atoms with E-state index in [9.17, 15) is 9.59 Å². The lowest BCUT2D eigenvalue weighted by Gasteiger charge is -2.19. The van der Waals surface area contributed by atoms with E-state index < -0.39 is 11.6 Å². The molecule has 0 radical (unpaired) electrons. The van der Waals surface area contributed by atoms with Crippen LogP contribution in [0.5, 0.6) is 0 Å². The Bertz CT molecular complexity index is 364. The van der Waals surface area contributed by atoms with Crippen LogP contribution in [0, 0.1) is 0 Å². The van der Waals surface area contributed by atoms with E-state index in [4.69, 9.17) is 9.84 Å². The third-order valence-corrected chi connectivity index (χ3v) is 4.24. The normalized spacial score (nSPS) is 11.3. The molecule has 5 heteroatoms. The summed E-state index contributed by atoms with van der Waals surface area (Å²) in [5.41, 5.74) is -0.426. The molecular formula is C21H41NO4. The van der Waals surface area contributed by atoms with Gasteiger partial charge >= 0.3 is 12.1 Å². The molecule has 0 heterocycles. The van der Waals surface area contributed by atoms with Crippen molar-refractivity contribution in [3.05, 3.63) is 0 Å². The lowest BCUT2D eigenvalue weighted by atomic mass is 10.0. The molecule has 0 aliphatic carbocycles. The summed E-state index contributed by atoms with van der Waals surface area (Å²) in [4.78, 5) is 21.8. The topological polar surface area (TPSA) is 75.6 Å². The van der Waals surface area contributed by atoms with E-state index in [-0.39, 0.29) is 6.09 Å². The van der Waals surface area contributed by atoms with Crippen molar-refractivity contribution in [1.82, 2.24) is 5.32 Å². The fourth-order valence-corrected chi connectivity index (χ4v) is 2.85. The Morgan fingerprint density at radius 1 is 0.731 bits per heavy atom. The number of ether oxygens (including phenoxy) is 1. The van der Waals surface area contributed by atoms with Crippen LogP contribution in [-0.4, -0.2) is 29.3 Å². The Morgan fingerprint density at radius 2 is 1.12 bits per heavy atom. The second-order valence-corrected chi connectivity index (χ2v) is 8.17. The lowest BCUT2D eigenvalue weighted by Crippen LogP contribution is -2.32. The molecule has 0 saturated heterocycles. The van der Waals surface area contributed by atoms with Gasteiger partial charge in [0.25, 0.3) is 0 Å².